The number of aromatic nitrogens is 2. The van der Waals surface area contributed by atoms with Crippen molar-refractivity contribution in [3.05, 3.63) is 47.4 Å². The van der Waals surface area contributed by atoms with Gasteiger partial charge >= 0.3 is 6.18 Å². The van der Waals surface area contributed by atoms with Crippen LogP contribution in [0.25, 0.3) is 0 Å². The first-order chi connectivity index (χ1) is 13.4. The van der Waals surface area contributed by atoms with Crippen molar-refractivity contribution in [2.75, 3.05) is 22.0 Å². The molecule has 1 fully saturated rings. The lowest BCUT2D eigenvalue weighted by Crippen LogP contribution is -2.46. The summed E-state index contributed by atoms with van der Waals surface area (Å²) < 4.78 is 65.2. The van der Waals surface area contributed by atoms with Gasteiger partial charge in [-0.05, 0) is 38.0 Å². The summed E-state index contributed by atoms with van der Waals surface area (Å²) in [5.74, 6) is -1.62. The number of sulfonamides is 1. The number of nitrogens with zero attached hydrogens (tertiary/aromatic N) is 4. The van der Waals surface area contributed by atoms with Crippen molar-refractivity contribution in [3.63, 3.8) is 0 Å². The van der Waals surface area contributed by atoms with Crippen LogP contribution in [0, 0.1) is 13.8 Å². The summed E-state index contributed by atoms with van der Waals surface area (Å²) >= 11 is 0. The molecule has 0 saturated carbocycles. The minimum Gasteiger partial charge on any atom is -0.314 e. The van der Waals surface area contributed by atoms with Gasteiger partial charge in [0.25, 0.3) is 5.91 Å². The zero-order valence-corrected chi connectivity index (χ0v) is 16.8. The number of benzene rings is 1. The van der Waals surface area contributed by atoms with Crippen LogP contribution in [0.3, 0.4) is 0 Å². The Morgan fingerprint density at radius 1 is 1.21 bits per heavy atom. The third-order valence-electron chi connectivity index (χ3n) is 4.58. The van der Waals surface area contributed by atoms with E-state index in [2.05, 4.69) is 9.97 Å². The molecule has 7 nitrogen and oxygen atoms in total. The van der Waals surface area contributed by atoms with Crippen LogP contribution in [0.1, 0.15) is 23.5 Å². The van der Waals surface area contributed by atoms with E-state index < -0.39 is 39.7 Å². The number of hydrogen-bond acceptors (Lipinski definition) is 5. The van der Waals surface area contributed by atoms with Crippen LogP contribution in [0.4, 0.5) is 24.7 Å². The van der Waals surface area contributed by atoms with Gasteiger partial charge in [-0.25, -0.2) is 22.7 Å². The van der Waals surface area contributed by atoms with Gasteiger partial charge < -0.3 is 4.90 Å². The monoisotopic (exact) mass is 428 g/mol. The van der Waals surface area contributed by atoms with E-state index in [0.29, 0.717) is 16.1 Å². The maximum absolute atomic E-state index is 13.1. The Morgan fingerprint density at radius 2 is 1.90 bits per heavy atom. The Labute approximate surface area is 166 Å². The molecule has 0 aliphatic carbocycles. The highest BCUT2D eigenvalue weighted by Gasteiger charge is 2.45. The smallest absolute Gasteiger partial charge is 0.314 e. The molecule has 3 rings (SSSR count). The summed E-state index contributed by atoms with van der Waals surface area (Å²) in [7, 11) is -2.52. The van der Waals surface area contributed by atoms with Crippen LogP contribution < -0.4 is 9.21 Å². The van der Waals surface area contributed by atoms with Crippen LogP contribution in [0.2, 0.25) is 0 Å². The fraction of sp³-hybridized carbons (Fsp3) is 0.389. The minimum atomic E-state index is -4.77. The molecule has 0 spiro atoms. The highest BCUT2D eigenvalue weighted by atomic mass is 32.2. The highest BCUT2D eigenvalue weighted by Crippen LogP contribution is 2.34. The molecule has 156 valence electrons. The normalized spacial score (nSPS) is 18.7. The topological polar surface area (TPSA) is 83.5 Å². The summed E-state index contributed by atoms with van der Waals surface area (Å²) in [6.07, 6.45) is -4.83. The molecule has 1 aliphatic heterocycles. The van der Waals surface area contributed by atoms with Crippen LogP contribution in [0.15, 0.2) is 30.3 Å². The number of hydrogen-bond donors (Lipinski definition) is 0. The van der Waals surface area contributed by atoms with Gasteiger partial charge in [0.1, 0.15) is 23.4 Å². The molecule has 11 heteroatoms. The number of aryl methyl sites for hydroxylation is 2. The first-order valence-electron chi connectivity index (χ1n) is 8.69. The van der Waals surface area contributed by atoms with Crippen LogP contribution in [-0.4, -0.2) is 43.1 Å². The van der Waals surface area contributed by atoms with Gasteiger partial charge in [-0.1, -0.05) is 12.1 Å². The van der Waals surface area contributed by atoms with E-state index in [-0.39, 0.29) is 18.0 Å². The van der Waals surface area contributed by atoms with Gasteiger partial charge in [-0.3, -0.25) is 4.79 Å². The largest absolute Gasteiger partial charge is 0.433 e. The van der Waals surface area contributed by atoms with E-state index in [0.717, 1.165) is 5.56 Å². The van der Waals surface area contributed by atoms with Crippen molar-refractivity contribution in [2.24, 2.45) is 0 Å². The van der Waals surface area contributed by atoms with Gasteiger partial charge in [0.15, 0.2) is 0 Å². The lowest BCUT2D eigenvalue weighted by molar-refractivity contribution is -0.141. The second-order valence-corrected chi connectivity index (χ2v) is 8.77. The Kier molecular flexibility index (Phi) is 5.28. The molecule has 1 amide bonds. The number of alkyl halides is 3. The molecule has 0 unspecified atom stereocenters. The Bertz CT molecular complexity index is 1060. The Morgan fingerprint density at radius 3 is 2.52 bits per heavy atom. The molecule has 1 atom stereocenters. The van der Waals surface area contributed by atoms with Crippen molar-refractivity contribution in [3.8, 4) is 0 Å². The Hall–Kier alpha value is -2.69. The lowest BCUT2D eigenvalue weighted by Gasteiger charge is -2.28. The zero-order valence-electron chi connectivity index (χ0n) is 15.9. The van der Waals surface area contributed by atoms with Crippen molar-refractivity contribution < 1.29 is 26.4 Å². The lowest BCUT2D eigenvalue weighted by atomic mass is 10.1. The number of likely N-dealkylation sites (N-methyl/N-ethyl adjacent to an activating group) is 1. The zero-order chi connectivity index (χ0) is 21.6. The summed E-state index contributed by atoms with van der Waals surface area (Å²) in [6, 6.07) is 6.40. The average molecular weight is 428 g/mol. The molecule has 0 bridgehead atoms. The number of halogens is 3. The molecule has 1 aromatic heterocycles. The number of amides is 1. The van der Waals surface area contributed by atoms with Gasteiger partial charge in [0.2, 0.25) is 10.0 Å². The van der Waals surface area contributed by atoms with Crippen molar-refractivity contribution in [1.29, 1.82) is 0 Å². The van der Waals surface area contributed by atoms with Gasteiger partial charge in [0, 0.05) is 18.8 Å². The van der Waals surface area contributed by atoms with E-state index in [4.69, 9.17) is 0 Å². The predicted molar refractivity (Wildman–Crippen MR) is 101 cm³/mol. The van der Waals surface area contributed by atoms with Gasteiger partial charge in [-0.2, -0.15) is 13.2 Å². The highest BCUT2D eigenvalue weighted by molar-refractivity contribution is 7.93. The summed E-state index contributed by atoms with van der Waals surface area (Å²) in [6.45, 7) is 3.08. The Balaban J connectivity index is 2.03. The molecule has 1 aliphatic rings. The van der Waals surface area contributed by atoms with E-state index >= 15 is 0 Å². The molecule has 0 radical (unpaired) electrons. The first-order valence-corrected chi connectivity index (χ1v) is 10.3. The standard InChI is InChI=1S/C18H19F3N4O3S/c1-11-5-4-6-13(9-11)24(3)17(26)14-7-8-29(27,28)25(14)16-10-15(18(19,20)21)22-12(2)23-16/h4-6,9-10,14H,7-8H2,1-3H3/t14-/m0/s1. The van der Waals surface area contributed by atoms with Crippen molar-refractivity contribution in [2.45, 2.75) is 32.5 Å². The van der Waals surface area contributed by atoms with E-state index in [1.54, 1.807) is 18.2 Å². The SMILES string of the molecule is Cc1cccc(N(C)C(=O)[C@@H]2CCS(=O)(=O)N2c2cc(C(F)(F)F)nc(C)n2)c1. The van der Waals surface area contributed by atoms with Crippen molar-refractivity contribution in [1.82, 2.24) is 9.97 Å². The molecular weight excluding hydrogens is 409 g/mol. The maximum atomic E-state index is 13.1. The van der Waals surface area contributed by atoms with Crippen molar-refractivity contribution >= 4 is 27.4 Å². The number of anilines is 2. The van der Waals surface area contributed by atoms with Gasteiger partial charge in [-0.15, -0.1) is 0 Å². The first kappa shape index (κ1) is 21.0. The van der Waals surface area contributed by atoms with Crippen LogP contribution in [-0.2, 0) is 21.0 Å². The number of carbonyl (C=O) groups is 1. The fourth-order valence-corrected chi connectivity index (χ4v) is 4.87. The molecular formula is C18H19F3N4O3S. The van der Waals surface area contributed by atoms with Crippen LogP contribution >= 0.6 is 0 Å². The minimum absolute atomic E-state index is 0.0538. The van der Waals surface area contributed by atoms with Crippen LogP contribution in [0.5, 0.6) is 0 Å². The maximum Gasteiger partial charge on any atom is 0.433 e. The molecule has 29 heavy (non-hydrogen) atoms. The predicted octanol–water partition coefficient (Wildman–Crippen LogP) is 2.68. The molecule has 2 aromatic rings. The van der Waals surface area contributed by atoms with Gasteiger partial charge in [0.05, 0.1) is 5.75 Å². The number of rotatable bonds is 3. The second-order valence-electron chi connectivity index (χ2n) is 6.81. The van der Waals surface area contributed by atoms with E-state index in [9.17, 15) is 26.4 Å². The van der Waals surface area contributed by atoms with E-state index in [1.165, 1.54) is 18.9 Å². The van der Waals surface area contributed by atoms with E-state index in [1.807, 2.05) is 13.0 Å². The quantitative estimate of drug-likeness (QED) is 0.751. The molecule has 0 N–H and O–H groups in total. The molecule has 1 saturated heterocycles. The third kappa shape index (κ3) is 4.19. The fourth-order valence-electron chi connectivity index (χ4n) is 3.19. The summed E-state index contributed by atoms with van der Waals surface area (Å²) in [5, 5.41) is 0. The molecule has 2 heterocycles. The average Bonchev–Trinajstić information content (AvgIpc) is 2.94. The summed E-state index contributed by atoms with van der Waals surface area (Å²) in [4.78, 5) is 21.5. The summed E-state index contributed by atoms with van der Waals surface area (Å²) in [5.41, 5.74) is 0.189. The second kappa shape index (κ2) is 7.29. The molecule has 1 aromatic carbocycles. The number of carbonyl (C=O) groups excluding carboxylic acids is 1. The third-order valence-corrected chi connectivity index (χ3v) is 6.37.